The maximum atomic E-state index is 12.7. The second kappa shape index (κ2) is 8.61. The van der Waals surface area contributed by atoms with Crippen molar-refractivity contribution in [3.8, 4) is 0 Å². The molecule has 1 fully saturated rings. The van der Waals surface area contributed by atoms with E-state index in [4.69, 9.17) is 11.6 Å². The molecule has 0 saturated carbocycles. The van der Waals surface area contributed by atoms with Crippen LogP contribution in [0.15, 0.2) is 47.4 Å². The molecular weight excluding hydrogens is 398 g/mol. The topological polar surface area (TPSA) is 69.7 Å². The molecule has 0 spiro atoms. The highest BCUT2D eigenvalue weighted by Crippen LogP contribution is 2.20. The molecule has 0 aliphatic carbocycles. The monoisotopic (exact) mass is 421 g/mol. The summed E-state index contributed by atoms with van der Waals surface area (Å²) in [6.07, 6.45) is 0. The second-order valence-electron chi connectivity index (χ2n) is 7.01. The van der Waals surface area contributed by atoms with E-state index in [1.165, 1.54) is 4.31 Å². The molecule has 2 aromatic carbocycles. The number of hydrogen-bond acceptors (Lipinski definition) is 4. The molecule has 0 radical (unpaired) electrons. The largest absolute Gasteiger partial charge is 0.325 e. The Labute approximate surface area is 171 Å². The first kappa shape index (κ1) is 20.8. The van der Waals surface area contributed by atoms with Gasteiger partial charge in [-0.1, -0.05) is 35.4 Å². The first-order chi connectivity index (χ1) is 13.3. The first-order valence-electron chi connectivity index (χ1n) is 9.11. The van der Waals surface area contributed by atoms with Crippen molar-refractivity contribution in [3.63, 3.8) is 0 Å². The van der Waals surface area contributed by atoms with E-state index in [9.17, 15) is 13.2 Å². The summed E-state index contributed by atoms with van der Waals surface area (Å²) in [5.41, 5.74) is 2.62. The van der Waals surface area contributed by atoms with Crippen molar-refractivity contribution in [1.29, 1.82) is 0 Å². The van der Waals surface area contributed by atoms with Gasteiger partial charge in [0.05, 0.1) is 11.4 Å². The zero-order valence-electron chi connectivity index (χ0n) is 16.0. The molecule has 1 aliphatic rings. The highest BCUT2D eigenvalue weighted by atomic mass is 35.5. The Balaban J connectivity index is 1.54. The van der Waals surface area contributed by atoms with Crippen molar-refractivity contribution in [3.05, 3.63) is 58.6 Å². The fraction of sp³-hybridized carbons (Fsp3) is 0.350. The molecule has 2 aromatic rings. The number of piperazine rings is 1. The van der Waals surface area contributed by atoms with Crippen molar-refractivity contribution in [1.82, 2.24) is 9.21 Å². The first-order valence-corrected chi connectivity index (χ1v) is 10.9. The molecule has 6 nitrogen and oxygen atoms in total. The van der Waals surface area contributed by atoms with Crippen LogP contribution in [0.4, 0.5) is 5.69 Å². The third-order valence-corrected chi connectivity index (χ3v) is 7.13. The van der Waals surface area contributed by atoms with Gasteiger partial charge in [-0.2, -0.15) is 4.31 Å². The number of hydrogen-bond donors (Lipinski definition) is 1. The summed E-state index contributed by atoms with van der Waals surface area (Å²) in [6, 6.07) is 12.3. The number of carbonyl (C=O) groups is 1. The van der Waals surface area contributed by atoms with Crippen molar-refractivity contribution >= 4 is 33.2 Å². The van der Waals surface area contributed by atoms with Gasteiger partial charge in [0, 0.05) is 36.9 Å². The molecule has 150 valence electrons. The van der Waals surface area contributed by atoms with Gasteiger partial charge in [-0.3, -0.25) is 9.69 Å². The number of rotatable bonds is 5. The van der Waals surface area contributed by atoms with Gasteiger partial charge in [-0.25, -0.2) is 8.42 Å². The van der Waals surface area contributed by atoms with E-state index in [1.54, 1.807) is 30.3 Å². The van der Waals surface area contributed by atoms with E-state index >= 15 is 0 Å². The van der Waals surface area contributed by atoms with Crippen LogP contribution in [0.3, 0.4) is 0 Å². The molecule has 0 unspecified atom stereocenters. The highest BCUT2D eigenvalue weighted by Gasteiger charge is 2.29. The van der Waals surface area contributed by atoms with E-state index in [-0.39, 0.29) is 12.5 Å². The molecule has 0 bridgehead atoms. The minimum atomic E-state index is -3.50. The highest BCUT2D eigenvalue weighted by molar-refractivity contribution is 7.89. The molecule has 3 rings (SSSR count). The predicted molar refractivity (Wildman–Crippen MR) is 111 cm³/mol. The number of nitrogens with one attached hydrogen (secondary N) is 1. The van der Waals surface area contributed by atoms with E-state index in [0.29, 0.717) is 41.8 Å². The fourth-order valence-corrected chi connectivity index (χ4v) is 4.66. The number of nitrogens with zero attached hydrogens (tertiary/aromatic N) is 2. The van der Waals surface area contributed by atoms with Gasteiger partial charge in [0.1, 0.15) is 0 Å². The average Bonchev–Trinajstić information content (AvgIpc) is 2.65. The summed E-state index contributed by atoms with van der Waals surface area (Å²) in [7, 11) is -3.50. The van der Waals surface area contributed by atoms with Gasteiger partial charge < -0.3 is 5.32 Å². The zero-order chi connectivity index (χ0) is 20.3. The Morgan fingerprint density at radius 1 is 1.04 bits per heavy atom. The average molecular weight is 422 g/mol. The second-order valence-corrected chi connectivity index (χ2v) is 9.35. The third-order valence-electron chi connectivity index (χ3n) is 4.81. The molecule has 8 heteroatoms. The summed E-state index contributed by atoms with van der Waals surface area (Å²) in [5, 5.41) is 3.44. The van der Waals surface area contributed by atoms with Crippen LogP contribution < -0.4 is 5.32 Å². The predicted octanol–water partition coefficient (Wildman–Crippen LogP) is 2.90. The van der Waals surface area contributed by atoms with Crippen molar-refractivity contribution in [2.24, 2.45) is 0 Å². The van der Waals surface area contributed by atoms with Crippen LogP contribution in [-0.4, -0.2) is 56.3 Å². The van der Waals surface area contributed by atoms with Gasteiger partial charge in [-0.05, 0) is 43.7 Å². The number of aryl methyl sites for hydroxylation is 2. The number of amides is 1. The molecule has 0 atom stereocenters. The van der Waals surface area contributed by atoms with Crippen LogP contribution in [-0.2, 0) is 14.8 Å². The Hall–Kier alpha value is -1.93. The van der Waals surface area contributed by atoms with Crippen LogP contribution in [0.25, 0.3) is 0 Å². The summed E-state index contributed by atoms with van der Waals surface area (Å²) >= 11 is 6.08. The summed E-state index contributed by atoms with van der Waals surface area (Å²) in [6.45, 7) is 5.77. The molecule has 1 saturated heterocycles. The van der Waals surface area contributed by atoms with Crippen molar-refractivity contribution < 1.29 is 13.2 Å². The number of benzene rings is 2. The molecule has 1 heterocycles. The minimum Gasteiger partial charge on any atom is -0.325 e. The van der Waals surface area contributed by atoms with Gasteiger partial charge in [0.25, 0.3) is 0 Å². The third kappa shape index (κ3) is 4.91. The maximum Gasteiger partial charge on any atom is 0.243 e. The Kier molecular flexibility index (Phi) is 6.40. The van der Waals surface area contributed by atoms with Crippen LogP contribution in [0.1, 0.15) is 11.1 Å². The van der Waals surface area contributed by atoms with E-state index in [1.807, 2.05) is 30.9 Å². The SMILES string of the molecule is Cc1ccc(S(=O)(=O)N2CCN(CC(=O)Nc3ccc(C)c(Cl)c3)CC2)cc1. The van der Waals surface area contributed by atoms with Gasteiger partial charge in [-0.15, -0.1) is 0 Å². The number of carbonyl (C=O) groups excluding carboxylic acids is 1. The number of sulfonamides is 1. The Bertz CT molecular complexity index is 953. The summed E-state index contributed by atoms with van der Waals surface area (Å²) < 4.78 is 27.0. The maximum absolute atomic E-state index is 12.7. The van der Waals surface area contributed by atoms with Gasteiger partial charge in [0.15, 0.2) is 0 Å². The molecule has 0 aromatic heterocycles. The molecular formula is C20H24ClN3O3S. The normalized spacial score (nSPS) is 16.1. The van der Waals surface area contributed by atoms with Crippen LogP contribution in [0.2, 0.25) is 5.02 Å². The molecule has 1 N–H and O–H groups in total. The molecule has 28 heavy (non-hydrogen) atoms. The number of halogens is 1. The van der Waals surface area contributed by atoms with Crippen molar-refractivity contribution in [2.45, 2.75) is 18.7 Å². The lowest BCUT2D eigenvalue weighted by Crippen LogP contribution is -2.50. The number of anilines is 1. The van der Waals surface area contributed by atoms with Gasteiger partial charge in [0.2, 0.25) is 15.9 Å². The zero-order valence-corrected chi connectivity index (χ0v) is 17.6. The van der Waals surface area contributed by atoms with E-state index in [0.717, 1.165) is 11.1 Å². The lowest BCUT2D eigenvalue weighted by Gasteiger charge is -2.33. The minimum absolute atomic E-state index is 0.144. The lowest BCUT2D eigenvalue weighted by atomic mass is 10.2. The van der Waals surface area contributed by atoms with Crippen LogP contribution >= 0.6 is 11.6 Å². The molecule has 1 amide bonds. The van der Waals surface area contributed by atoms with Crippen molar-refractivity contribution in [2.75, 3.05) is 38.0 Å². The van der Waals surface area contributed by atoms with E-state index in [2.05, 4.69) is 5.32 Å². The smallest absolute Gasteiger partial charge is 0.243 e. The summed E-state index contributed by atoms with van der Waals surface area (Å²) in [5.74, 6) is -0.144. The lowest BCUT2D eigenvalue weighted by molar-refractivity contribution is -0.117. The molecule has 1 aliphatic heterocycles. The van der Waals surface area contributed by atoms with Crippen LogP contribution in [0.5, 0.6) is 0 Å². The quantitative estimate of drug-likeness (QED) is 0.805. The van der Waals surface area contributed by atoms with E-state index < -0.39 is 10.0 Å². The fourth-order valence-electron chi connectivity index (χ4n) is 3.06. The summed E-state index contributed by atoms with van der Waals surface area (Å²) in [4.78, 5) is 14.5. The van der Waals surface area contributed by atoms with Crippen LogP contribution in [0, 0.1) is 13.8 Å². The Morgan fingerprint density at radius 3 is 2.29 bits per heavy atom. The standard InChI is InChI=1S/C20H24ClN3O3S/c1-15-3-7-18(8-4-15)28(26,27)24-11-9-23(10-12-24)14-20(25)22-17-6-5-16(2)19(21)13-17/h3-8,13H,9-12,14H2,1-2H3,(H,22,25). The Morgan fingerprint density at radius 2 is 1.68 bits per heavy atom. The van der Waals surface area contributed by atoms with Gasteiger partial charge >= 0.3 is 0 Å².